The van der Waals surface area contributed by atoms with Gasteiger partial charge in [-0.15, -0.1) is 11.3 Å². The average molecular weight is 307 g/mol. The van der Waals surface area contributed by atoms with E-state index in [4.69, 9.17) is 28.9 Å². The van der Waals surface area contributed by atoms with Crippen LogP contribution in [0.3, 0.4) is 0 Å². The lowest BCUT2D eigenvalue weighted by Gasteiger charge is -2.29. The van der Waals surface area contributed by atoms with E-state index in [1.807, 2.05) is 7.05 Å². The van der Waals surface area contributed by atoms with Crippen molar-refractivity contribution in [2.24, 2.45) is 11.7 Å². The Morgan fingerprint density at radius 1 is 1.56 bits per heavy atom. The van der Waals surface area contributed by atoms with E-state index in [0.717, 1.165) is 19.3 Å². The van der Waals surface area contributed by atoms with Crippen LogP contribution in [-0.2, 0) is 0 Å². The molecule has 1 fully saturated rings. The average Bonchev–Trinajstić information content (AvgIpc) is 2.93. The molecule has 1 aliphatic rings. The van der Waals surface area contributed by atoms with Crippen molar-refractivity contribution in [2.45, 2.75) is 25.3 Å². The first kappa shape index (κ1) is 14.1. The van der Waals surface area contributed by atoms with E-state index < -0.39 is 0 Å². The highest BCUT2D eigenvalue weighted by atomic mass is 35.5. The fourth-order valence-electron chi connectivity index (χ4n) is 2.63. The summed E-state index contributed by atoms with van der Waals surface area (Å²) in [4.78, 5) is 14.1. The topological polar surface area (TPSA) is 46.3 Å². The minimum absolute atomic E-state index is 0.0616. The smallest absolute Gasteiger partial charge is 0.256 e. The number of carbonyl (C=O) groups excluding carboxylic acids is 1. The van der Waals surface area contributed by atoms with Crippen LogP contribution < -0.4 is 5.73 Å². The molecule has 0 spiro atoms. The molecule has 0 aromatic carbocycles. The van der Waals surface area contributed by atoms with Gasteiger partial charge in [0.05, 0.1) is 9.90 Å². The molecule has 0 aliphatic heterocycles. The lowest BCUT2D eigenvalue weighted by atomic mass is 10.0. The van der Waals surface area contributed by atoms with Crippen LogP contribution >= 0.6 is 34.5 Å². The standard InChI is InChI=1S/C12H16Cl2N2OS/c1-16(9-4-2-3-7(9)6-15)12(17)8-5-10(13)18-11(8)14/h5,7,9H,2-4,6,15H2,1H3. The van der Waals surface area contributed by atoms with E-state index in [-0.39, 0.29) is 11.9 Å². The van der Waals surface area contributed by atoms with Crippen molar-refractivity contribution in [3.8, 4) is 0 Å². The van der Waals surface area contributed by atoms with E-state index in [9.17, 15) is 4.79 Å². The summed E-state index contributed by atoms with van der Waals surface area (Å²) in [6.45, 7) is 0.625. The van der Waals surface area contributed by atoms with E-state index in [0.29, 0.717) is 26.7 Å². The van der Waals surface area contributed by atoms with Gasteiger partial charge in [0, 0.05) is 13.1 Å². The van der Waals surface area contributed by atoms with Crippen molar-refractivity contribution in [3.63, 3.8) is 0 Å². The first-order valence-corrected chi connectivity index (χ1v) is 7.54. The predicted molar refractivity (Wildman–Crippen MR) is 76.6 cm³/mol. The number of nitrogens with two attached hydrogens (primary N) is 1. The summed E-state index contributed by atoms with van der Waals surface area (Å²) >= 11 is 13.1. The molecule has 100 valence electrons. The lowest BCUT2D eigenvalue weighted by molar-refractivity contribution is 0.0700. The molecule has 2 N–H and O–H groups in total. The molecule has 1 aromatic rings. The molecular formula is C12H16Cl2N2OS. The largest absolute Gasteiger partial charge is 0.338 e. The highest BCUT2D eigenvalue weighted by molar-refractivity contribution is 7.20. The molecule has 2 rings (SSSR count). The Morgan fingerprint density at radius 2 is 2.28 bits per heavy atom. The van der Waals surface area contributed by atoms with Crippen molar-refractivity contribution in [1.82, 2.24) is 4.90 Å². The quantitative estimate of drug-likeness (QED) is 0.931. The summed E-state index contributed by atoms with van der Waals surface area (Å²) in [6, 6.07) is 1.86. The van der Waals surface area contributed by atoms with E-state index in [1.54, 1.807) is 11.0 Å². The van der Waals surface area contributed by atoms with Crippen molar-refractivity contribution in [2.75, 3.05) is 13.6 Å². The van der Waals surface area contributed by atoms with Crippen LogP contribution in [0.15, 0.2) is 6.07 Å². The van der Waals surface area contributed by atoms with E-state index >= 15 is 0 Å². The number of nitrogens with zero attached hydrogens (tertiary/aromatic N) is 1. The van der Waals surface area contributed by atoms with Gasteiger partial charge in [-0.05, 0) is 31.4 Å². The minimum atomic E-state index is -0.0616. The van der Waals surface area contributed by atoms with Crippen molar-refractivity contribution >= 4 is 40.4 Å². The second-order valence-electron chi connectivity index (χ2n) is 4.65. The van der Waals surface area contributed by atoms with Crippen LogP contribution in [0.2, 0.25) is 8.67 Å². The Morgan fingerprint density at radius 3 is 2.83 bits per heavy atom. The van der Waals surface area contributed by atoms with Crippen LogP contribution in [0.1, 0.15) is 29.6 Å². The molecule has 0 radical (unpaired) electrons. The normalized spacial score (nSPS) is 23.3. The molecule has 1 aliphatic carbocycles. The Balaban J connectivity index is 2.16. The molecule has 2 unspecified atom stereocenters. The van der Waals surface area contributed by atoms with E-state index in [1.165, 1.54) is 11.3 Å². The van der Waals surface area contributed by atoms with Crippen LogP contribution in [0, 0.1) is 5.92 Å². The molecule has 0 saturated heterocycles. The van der Waals surface area contributed by atoms with E-state index in [2.05, 4.69) is 0 Å². The van der Waals surface area contributed by atoms with Gasteiger partial charge in [0.2, 0.25) is 0 Å². The molecule has 1 amide bonds. The molecule has 2 atom stereocenters. The van der Waals surface area contributed by atoms with Crippen LogP contribution in [-0.4, -0.2) is 30.4 Å². The first-order chi connectivity index (χ1) is 8.54. The van der Waals surface area contributed by atoms with Gasteiger partial charge in [0.25, 0.3) is 5.91 Å². The zero-order valence-electron chi connectivity index (χ0n) is 10.2. The third kappa shape index (κ3) is 2.67. The molecule has 0 bridgehead atoms. The van der Waals surface area contributed by atoms with Crippen molar-refractivity contribution < 1.29 is 4.79 Å². The summed E-state index contributed by atoms with van der Waals surface area (Å²) in [7, 11) is 1.82. The number of thiophene rings is 1. The Labute approximate surface area is 121 Å². The number of rotatable bonds is 3. The number of hydrogen-bond donors (Lipinski definition) is 1. The summed E-state index contributed by atoms with van der Waals surface area (Å²) in [5.41, 5.74) is 6.25. The van der Waals surface area contributed by atoms with Crippen molar-refractivity contribution in [3.05, 3.63) is 20.3 Å². The van der Waals surface area contributed by atoms with Gasteiger partial charge in [-0.3, -0.25) is 4.79 Å². The second kappa shape index (κ2) is 5.78. The highest BCUT2D eigenvalue weighted by Crippen LogP contribution is 2.34. The molecular weight excluding hydrogens is 291 g/mol. The predicted octanol–water partition coefficient (Wildman–Crippen LogP) is 3.25. The van der Waals surface area contributed by atoms with Crippen LogP contribution in [0.25, 0.3) is 0 Å². The summed E-state index contributed by atoms with van der Waals surface area (Å²) in [5, 5.41) is 0. The third-order valence-electron chi connectivity index (χ3n) is 3.63. The monoisotopic (exact) mass is 306 g/mol. The number of carbonyl (C=O) groups is 1. The second-order valence-corrected chi connectivity index (χ2v) is 6.93. The molecule has 1 aromatic heterocycles. The lowest BCUT2D eigenvalue weighted by Crippen LogP contribution is -2.41. The number of amides is 1. The molecule has 3 nitrogen and oxygen atoms in total. The van der Waals surface area contributed by atoms with Gasteiger partial charge < -0.3 is 10.6 Å². The maximum Gasteiger partial charge on any atom is 0.256 e. The maximum atomic E-state index is 12.4. The van der Waals surface area contributed by atoms with Gasteiger partial charge in [-0.1, -0.05) is 29.6 Å². The van der Waals surface area contributed by atoms with Crippen LogP contribution in [0.5, 0.6) is 0 Å². The SMILES string of the molecule is CN(C(=O)c1cc(Cl)sc1Cl)C1CCCC1CN. The summed E-state index contributed by atoms with van der Waals surface area (Å²) < 4.78 is 0.998. The Kier molecular flexibility index (Phi) is 4.54. The molecule has 6 heteroatoms. The van der Waals surface area contributed by atoms with Gasteiger partial charge >= 0.3 is 0 Å². The molecule has 1 heterocycles. The fourth-order valence-corrected chi connectivity index (χ4v) is 4.08. The van der Waals surface area contributed by atoms with Gasteiger partial charge in [0.15, 0.2) is 0 Å². The zero-order chi connectivity index (χ0) is 13.3. The summed E-state index contributed by atoms with van der Waals surface area (Å²) in [6.07, 6.45) is 3.23. The van der Waals surface area contributed by atoms with Crippen molar-refractivity contribution in [1.29, 1.82) is 0 Å². The molecule has 1 saturated carbocycles. The summed E-state index contributed by atoms with van der Waals surface area (Å²) in [5.74, 6) is 0.334. The van der Waals surface area contributed by atoms with Gasteiger partial charge in [-0.2, -0.15) is 0 Å². The Hall–Kier alpha value is -0.290. The highest BCUT2D eigenvalue weighted by Gasteiger charge is 2.33. The Bertz CT molecular complexity index is 449. The fraction of sp³-hybridized carbons (Fsp3) is 0.583. The zero-order valence-corrected chi connectivity index (χ0v) is 12.5. The first-order valence-electron chi connectivity index (χ1n) is 5.96. The third-order valence-corrected chi connectivity index (χ3v) is 5.11. The number of hydrogen-bond acceptors (Lipinski definition) is 3. The van der Waals surface area contributed by atoms with Crippen LogP contribution in [0.4, 0.5) is 0 Å². The number of halogens is 2. The molecule has 18 heavy (non-hydrogen) atoms. The minimum Gasteiger partial charge on any atom is -0.338 e. The maximum absolute atomic E-state index is 12.4. The van der Waals surface area contributed by atoms with Gasteiger partial charge in [0.1, 0.15) is 4.34 Å². The van der Waals surface area contributed by atoms with Gasteiger partial charge in [-0.25, -0.2) is 0 Å².